The molecule has 0 unspecified atom stereocenters. The molecular weight excluding hydrogens is 318 g/mol. The topological polar surface area (TPSA) is 43.1 Å². The number of nitro benzene ring substituents is 1. The molecule has 0 aliphatic carbocycles. The average molecular weight is 327 g/mol. The summed E-state index contributed by atoms with van der Waals surface area (Å²) in [6.07, 6.45) is 0.680. The van der Waals surface area contributed by atoms with E-state index in [0.717, 1.165) is 15.6 Å². The van der Waals surface area contributed by atoms with Crippen LogP contribution in [0.15, 0.2) is 46.9 Å². The molecule has 3 nitrogen and oxygen atoms in total. The maximum atomic E-state index is 10.5. The van der Waals surface area contributed by atoms with E-state index in [1.165, 1.54) is 12.1 Å². The average Bonchev–Trinajstić information content (AvgIpc) is 2.34. The molecule has 0 spiro atoms. The third kappa shape index (κ3) is 3.09. The molecule has 0 heterocycles. The lowest BCUT2D eigenvalue weighted by Crippen LogP contribution is -1.92. The minimum absolute atomic E-state index is 0.101. The Hall–Kier alpha value is -1.39. The van der Waals surface area contributed by atoms with Crippen LogP contribution in [0.5, 0.6) is 0 Å². The third-order valence-corrected chi connectivity index (χ3v) is 3.56. The summed E-state index contributed by atoms with van der Waals surface area (Å²) in [4.78, 5) is 10.1. The summed E-state index contributed by atoms with van der Waals surface area (Å²) in [6, 6.07) is 12.1. The van der Waals surface area contributed by atoms with E-state index < -0.39 is 4.92 Å². The Morgan fingerprint density at radius 3 is 2.44 bits per heavy atom. The molecule has 0 amide bonds. The number of benzene rings is 2. The Morgan fingerprint density at radius 1 is 1.17 bits per heavy atom. The number of nitro groups is 1. The highest BCUT2D eigenvalue weighted by atomic mass is 79.9. The first-order chi connectivity index (χ1) is 8.56. The van der Waals surface area contributed by atoms with Crippen LogP contribution in [-0.4, -0.2) is 4.92 Å². The van der Waals surface area contributed by atoms with Crippen molar-refractivity contribution in [1.82, 2.24) is 0 Å². The summed E-state index contributed by atoms with van der Waals surface area (Å²) in [5.74, 6) is 0. The van der Waals surface area contributed by atoms with Crippen LogP contribution in [0.25, 0.3) is 0 Å². The fourth-order valence-corrected chi connectivity index (χ4v) is 2.22. The minimum atomic E-state index is -0.404. The highest BCUT2D eigenvalue weighted by Gasteiger charge is 2.06. The van der Waals surface area contributed by atoms with Gasteiger partial charge in [-0.2, -0.15) is 0 Å². The smallest absolute Gasteiger partial charge is 0.258 e. The second-order valence-electron chi connectivity index (χ2n) is 3.84. The fourth-order valence-electron chi connectivity index (χ4n) is 1.63. The van der Waals surface area contributed by atoms with Crippen LogP contribution < -0.4 is 0 Å². The Kier molecular flexibility index (Phi) is 3.99. The second-order valence-corrected chi connectivity index (χ2v) is 5.13. The van der Waals surface area contributed by atoms with Crippen LogP contribution in [0.3, 0.4) is 0 Å². The summed E-state index contributed by atoms with van der Waals surface area (Å²) in [7, 11) is 0. The highest BCUT2D eigenvalue weighted by molar-refractivity contribution is 9.10. The van der Waals surface area contributed by atoms with Crippen molar-refractivity contribution >= 4 is 33.2 Å². The van der Waals surface area contributed by atoms with Gasteiger partial charge >= 0.3 is 0 Å². The molecule has 0 atom stereocenters. The Bertz CT molecular complexity index is 584. The summed E-state index contributed by atoms with van der Waals surface area (Å²) < 4.78 is 0.977. The van der Waals surface area contributed by atoms with Crippen LogP contribution in [0.1, 0.15) is 11.1 Å². The molecule has 0 aliphatic heterocycles. The van der Waals surface area contributed by atoms with Gasteiger partial charge in [0.2, 0.25) is 0 Å². The van der Waals surface area contributed by atoms with Gasteiger partial charge in [0.25, 0.3) is 5.69 Å². The van der Waals surface area contributed by atoms with E-state index in [9.17, 15) is 10.1 Å². The van der Waals surface area contributed by atoms with E-state index in [-0.39, 0.29) is 5.69 Å². The number of hydrogen-bond donors (Lipinski definition) is 0. The van der Waals surface area contributed by atoms with Crippen LogP contribution in [0.4, 0.5) is 5.69 Å². The Balaban J connectivity index is 2.23. The second kappa shape index (κ2) is 5.50. The summed E-state index contributed by atoms with van der Waals surface area (Å²) in [6.45, 7) is 0. The van der Waals surface area contributed by atoms with Gasteiger partial charge in [-0.25, -0.2) is 0 Å². The predicted molar refractivity (Wildman–Crippen MR) is 75.1 cm³/mol. The molecule has 2 aromatic carbocycles. The maximum Gasteiger partial charge on any atom is 0.269 e. The van der Waals surface area contributed by atoms with E-state index in [0.29, 0.717) is 11.4 Å². The van der Waals surface area contributed by atoms with E-state index in [1.54, 1.807) is 12.1 Å². The third-order valence-electron chi connectivity index (χ3n) is 2.55. The van der Waals surface area contributed by atoms with Gasteiger partial charge in [0.15, 0.2) is 0 Å². The van der Waals surface area contributed by atoms with Gasteiger partial charge in [-0.3, -0.25) is 10.1 Å². The zero-order valence-electron chi connectivity index (χ0n) is 9.27. The van der Waals surface area contributed by atoms with Crippen molar-refractivity contribution in [2.45, 2.75) is 6.42 Å². The largest absolute Gasteiger partial charge is 0.269 e. The van der Waals surface area contributed by atoms with E-state index >= 15 is 0 Å². The summed E-state index contributed by atoms with van der Waals surface area (Å²) >= 11 is 9.40. The molecule has 0 aromatic heterocycles. The van der Waals surface area contributed by atoms with Gasteiger partial charge in [0.05, 0.1) is 4.92 Å². The molecule has 0 saturated carbocycles. The van der Waals surface area contributed by atoms with Gasteiger partial charge in [-0.05, 0) is 35.7 Å². The standard InChI is InChI=1S/C13H9BrClNO2/c14-13-6-3-11(15)8-10(13)7-9-1-4-12(5-2-9)16(17)18/h1-6,8H,7H2. The zero-order valence-corrected chi connectivity index (χ0v) is 11.6. The molecule has 2 aromatic rings. The SMILES string of the molecule is O=[N+]([O-])c1ccc(Cc2cc(Cl)ccc2Br)cc1. The highest BCUT2D eigenvalue weighted by Crippen LogP contribution is 2.24. The quantitative estimate of drug-likeness (QED) is 0.611. The lowest BCUT2D eigenvalue weighted by Gasteiger charge is -2.05. The first-order valence-electron chi connectivity index (χ1n) is 5.23. The summed E-state index contributed by atoms with van der Waals surface area (Å²) in [5.41, 5.74) is 2.16. The van der Waals surface area contributed by atoms with E-state index in [2.05, 4.69) is 15.9 Å². The van der Waals surface area contributed by atoms with Crippen molar-refractivity contribution in [3.8, 4) is 0 Å². The number of rotatable bonds is 3. The molecule has 18 heavy (non-hydrogen) atoms. The number of non-ortho nitro benzene ring substituents is 1. The van der Waals surface area contributed by atoms with Crippen molar-refractivity contribution in [2.75, 3.05) is 0 Å². The van der Waals surface area contributed by atoms with Crippen molar-refractivity contribution in [3.05, 3.63) is 73.2 Å². The first-order valence-corrected chi connectivity index (χ1v) is 6.40. The number of nitrogens with zero attached hydrogens (tertiary/aromatic N) is 1. The molecule has 0 bridgehead atoms. The molecule has 5 heteroatoms. The van der Waals surface area contributed by atoms with Gasteiger partial charge in [0, 0.05) is 21.6 Å². The molecule has 0 saturated heterocycles. The Morgan fingerprint density at radius 2 is 1.83 bits per heavy atom. The van der Waals surface area contributed by atoms with Crippen molar-refractivity contribution < 1.29 is 4.92 Å². The molecule has 2 rings (SSSR count). The molecule has 0 N–H and O–H groups in total. The van der Waals surface area contributed by atoms with Crippen LogP contribution in [0, 0.1) is 10.1 Å². The van der Waals surface area contributed by atoms with Gasteiger partial charge in [0.1, 0.15) is 0 Å². The Labute approximate surface area is 118 Å². The maximum absolute atomic E-state index is 10.5. The van der Waals surface area contributed by atoms with Gasteiger partial charge < -0.3 is 0 Å². The lowest BCUT2D eigenvalue weighted by molar-refractivity contribution is -0.384. The first kappa shape index (κ1) is 13.1. The normalized spacial score (nSPS) is 10.3. The molecule has 0 fully saturated rings. The van der Waals surface area contributed by atoms with Crippen molar-refractivity contribution in [2.24, 2.45) is 0 Å². The van der Waals surface area contributed by atoms with Crippen LogP contribution in [-0.2, 0) is 6.42 Å². The molecular formula is C13H9BrClNO2. The number of halogens is 2. The van der Waals surface area contributed by atoms with E-state index in [1.807, 2.05) is 18.2 Å². The van der Waals surface area contributed by atoms with Crippen molar-refractivity contribution in [3.63, 3.8) is 0 Å². The number of hydrogen-bond acceptors (Lipinski definition) is 2. The summed E-state index contributed by atoms with van der Waals surface area (Å²) in [5, 5.41) is 11.2. The van der Waals surface area contributed by atoms with Gasteiger partial charge in [-0.1, -0.05) is 39.7 Å². The fraction of sp³-hybridized carbons (Fsp3) is 0.0769. The zero-order chi connectivity index (χ0) is 13.1. The van der Waals surface area contributed by atoms with E-state index in [4.69, 9.17) is 11.6 Å². The van der Waals surface area contributed by atoms with Crippen LogP contribution in [0.2, 0.25) is 5.02 Å². The van der Waals surface area contributed by atoms with Crippen molar-refractivity contribution in [1.29, 1.82) is 0 Å². The molecule has 0 aliphatic rings. The van der Waals surface area contributed by atoms with Crippen LogP contribution >= 0.6 is 27.5 Å². The molecule has 0 radical (unpaired) electrons. The predicted octanol–water partition coefficient (Wildman–Crippen LogP) is 4.60. The van der Waals surface area contributed by atoms with Gasteiger partial charge in [-0.15, -0.1) is 0 Å². The minimum Gasteiger partial charge on any atom is -0.258 e. The molecule has 92 valence electrons. The lowest BCUT2D eigenvalue weighted by atomic mass is 10.0. The monoisotopic (exact) mass is 325 g/mol.